The first kappa shape index (κ1) is 23.2. The largest absolute Gasteiger partial charge is 0.329 e. The van der Waals surface area contributed by atoms with Crippen LogP contribution in [-0.2, 0) is 4.79 Å². The van der Waals surface area contributed by atoms with Gasteiger partial charge in [-0.3, -0.25) is 9.59 Å². The average Bonchev–Trinajstić information content (AvgIpc) is 3.33. The van der Waals surface area contributed by atoms with Crippen molar-refractivity contribution in [2.75, 3.05) is 18.0 Å². The second kappa shape index (κ2) is 9.92. The van der Waals surface area contributed by atoms with E-state index in [1.54, 1.807) is 11.3 Å². The Morgan fingerprint density at radius 3 is 2.45 bits per heavy atom. The summed E-state index contributed by atoms with van der Waals surface area (Å²) in [4.78, 5) is 33.0. The Balaban J connectivity index is 1.90. The minimum atomic E-state index is -0.456. The first-order valence-electron chi connectivity index (χ1n) is 11.7. The van der Waals surface area contributed by atoms with E-state index in [1.165, 1.54) is 0 Å². The summed E-state index contributed by atoms with van der Waals surface area (Å²) in [7, 11) is 0. The van der Waals surface area contributed by atoms with Crippen LogP contribution in [0.4, 0.5) is 5.69 Å². The topological polar surface area (TPSA) is 40.6 Å². The highest BCUT2D eigenvalue weighted by Gasteiger charge is 2.46. The maximum Gasteiger partial charge on any atom is 0.254 e. The SMILES string of the molecule is CCCN(C(=O)[C@H]1c2ccccc2C(=O)N(CC(C)C)[C@H]1c1cccs1)c1ccccc1C. The molecule has 0 fully saturated rings. The van der Waals surface area contributed by atoms with Gasteiger partial charge in [0.1, 0.15) is 0 Å². The number of carbonyl (C=O) groups excluding carboxylic acids is 2. The Morgan fingerprint density at radius 1 is 1.06 bits per heavy atom. The average molecular weight is 461 g/mol. The maximum atomic E-state index is 14.4. The molecule has 0 spiro atoms. The van der Waals surface area contributed by atoms with Crippen molar-refractivity contribution < 1.29 is 9.59 Å². The van der Waals surface area contributed by atoms with Gasteiger partial charge in [-0.2, -0.15) is 0 Å². The van der Waals surface area contributed by atoms with Crippen molar-refractivity contribution in [3.63, 3.8) is 0 Å². The monoisotopic (exact) mass is 460 g/mol. The van der Waals surface area contributed by atoms with Gasteiger partial charge in [0.25, 0.3) is 5.91 Å². The molecule has 3 aromatic rings. The van der Waals surface area contributed by atoms with Gasteiger partial charge < -0.3 is 9.80 Å². The summed E-state index contributed by atoms with van der Waals surface area (Å²) in [6.07, 6.45) is 0.854. The number of benzene rings is 2. The number of aryl methyl sites for hydroxylation is 1. The Bertz CT molecular complexity index is 1120. The van der Waals surface area contributed by atoms with E-state index in [2.05, 4.69) is 26.8 Å². The molecule has 33 heavy (non-hydrogen) atoms. The van der Waals surface area contributed by atoms with Gasteiger partial charge in [0.2, 0.25) is 5.91 Å². The van der Waals surface area contributed by atoms with Gasteiger partial charge in [-0.05, 0) is 54.0 Å². The number of amides is 2. The highest BCUT2D eigenvalue weighted by atomic mass is 32.1. The zero-order chi connectivity index (χ0) is 23.5. The van der Waals surface area contributed by atoms with E-state index in [9.17, 15) is 9.59 Å². The molecular weight excluding hydrogens is 428 g/mol. The minimum Gasteiger partial charge on any atom is -0.329 e. The second-order valence-corrected chi connectivity index (χ2v) is 10.1. The predicted molar refractivity (Wildman–Crippen MR) is 136 cm³/mol. The minimum absolute atomic E-state index is 0.0136. The summed E-state index contributed by atoms with van der Waals surface area (Å²) in [6, 6.07) is 19.5. The van der Waals surface area contributed by atoms with Crippen molar-refractivity contribution in [2.24, 2.45) is 5.92 Å². The Hall–Kier alpha value is -2.92. The van der Waals surface area contributed by atoms with Crippen LogP contribution in [0.25, 0.3) is 0 Å². The first-order valence-corrected chi connectivity index (χ1v) is 12.6. The fourth-order valence-electron chi connectivity index (χ4n) is 4.84. The third-order valence-electron chi connectivity index (χ3n) is 6.22. The molecule has 1 aromatic heterocycles. The molecule has 1 aliphatic heterocycles. The number of hydrogen-bond donors (Lipinski definition) is 0. The molecule has 2 amide bonds. The molecule has 172 valence electrons. The molecule has 0 N–H and O–H groups in total. The smallest absolute Gasteiger partial charge is 0.254 e. The molecule has 0 bridgehead atoms. The van der Waals surface area contributed by atoms with Crippen molar-refractivity contribution in [3.8, 4) is 0 Å². The Kier molecular flexibility index (Phi) is 6.99. The van der Waals surface area contributed by atoms with Gasteiger partial charge >= 0.3 is 0 Å². The summed E-state index contributed by atoms with van der Waals surface area (Å²) < 4.78 is 0. The van der Waals surface area contributed by atoms with Crippen LogP contribution in [0.15, 0.2) is 66.0 Å². The number of thiophene rings is 1. The standard InChI is InChI=1S/C28H32N2O2S/c1-5-16-29(23-14-9-6-11-20(23)4)28(32)25-21-12-7-8-13-22(21)27(31)30(18-19(2)3)26(25)24-15-10-17-33-24/h6-15,17,19,25-26H,5,16,18H2,1-4H3/t25-,26-/m0/s1. The van der Waals surface area contributed by atoms with Gasteiger partial charge in [0, 0.05) is 29.2 Å². The van der Waals surface area contributed by atoms with Crippen LogP contribution >= 0.6 is 11.3 Å². The molecule has 2 heterocycles. The normalized spacial score (nSPS) is 17.8. The van der Waals surface area contributed by atoms with E-state index in [0.29, 0.717) is 24.6 Å². The molecule has 4 rings (SSSR count). The lowest BCUT2D eigenvalue weighted by molar-refractivity contribution is -0.121. The van der Waals surface area contributed by atoms with Crippen LogP contribution in [0.1, 0.15) is 65.5 Å². The Labute approximate surface area is 200 Å². The second-order valence-electron chi connectivity index (χ2n) is 9.15. The lowest BCUT2D eigenvalue weighted by Crippen LogP contribution is -2.49. The third-order valence-corrected chi connectivity index (χ3v) is 7.16. The maximum absolute atomic E-state index is 14.4. The van der Waals surface area contributed by atoms with Gasteiger partial charge in [-0.15, -0.1) is 11.3 Å². The van der Waals surface area contributed by atoms with Crippen LogP contribution in [0, 0.1) is 12.8 Å². The van der Waals surface area contributed by atoms with Crippen LogP contribution in [-0.4, -0.2) is 29.8 Å². The van der Waals surface area contributed by atoms with Crippen LogP contribution in [0.3, 0.4) is 0 Å². The molecule has 0 saturated carbocycles. The molecule has 0 saturated heterocycles. The molecule has 2 aromatic carbocycles. The summed E-state index contributed by atoms with van der Waals surface area (Å²) in [5.74, 6) is -0.0964. The van der Waals surface area contributed by atoms with E-state index in [-0.39, 0.29) is 17.9 Å². The number of para-hydroxylation sites is 1. The Morgan fingerprint density at radius 2 is 1.79 bits per heavy atom. The lowest BCUT2D eigenvalue weighted by Gasteiger charge is -2.43. The number of carbonyl (C=O) groups is 2. The number of fused-ring (bicyclic) bond motifs is 1. The quantitative estimate of drug-likeness (QED) is 0.407. The van der Waals surface area contributed by atoms with Crippen molar-refractivity contribution >= 4 is 28.8 Å². The fourth-order valence-corrected chi connectivity index (χ4v) is 5.71. The van der Waals surface area contributed by atoms with Crippen LogP contribution in [0.5, 0.6) is 0 Å². The van der Waals surface area contributed by atoms with Crippen molar-refractivity contribution in [3.05, 3.63) is 87.6 Å². The molecule has 1 aliphatic rings. The summed E-state index contributed by atoms with van der Waals surface area (Å²) in [5, 5.41) is 2.03. The number of rotatable bonds is 7. The van der Waals surface area contributed by atoms with Crippen molar-refractivity contribution in [1.82, 2.24) is 4.90 Å². The van der Waals surface area contributed by atoms with Gasteiger partial charge in [-0.25, -0.2) is 0 Å². The number of nitrogens with zero attached hydrogens (tertiary/aromatic N) is 2. The van der Waals surface area contributed by atoms with Crippen molar-refractivity contribution in [1.29, 1.82) is 0 Å². The number of anilines is 1. The van der Waals surface area contributed by atoms with Gasteiger partial charge in [-0.1, -0.05) is 63.2 Å². The van der Waals surface area contributed by atoms with E-state index >= 15 is 0 Å². The predicted octanol–water partition coefficient (Wildman–Crippen LogP) is 6.44. The van der Waals surface area contributed by atoms with E-state index < -0.39 is 5.92 Å². The van der Waals surface area contributed by atoms with Gasteiger partial charge in [0.15, 0.2) is 0 Å². The van der Waals surface area contributed by atoms with Gasteiger partial charge in [0.05, 0.1) is 12.0 Å². The zero-order valence-electron chi connectivity index (χ0n) is 19.8. The summed E-state index contributed by atoms with van der Waals surface area (Å²) >= 11 is 1.62. The lowest BCUT2D eigenvalue weighted by atomic mass is 9.80. The molecule has 0 unspecified atom stereocenters. The van der Waals surface area contributed by atoms with Crippen molar-refractivity contribution in [2.45, 2.75) is 46.1 Å². The molecule has 0 aliphatic carbocycles. The molecule has 2 atom stereocenters. The zero-order valence-corrected chi connectivity index (χ0v) is 20.6. The first-order chi connectivity index (χ1) is 15.9. The van der Waals surface area contributed by atoms with E-state index in [1.807, 2.05) is 76.7 Å². The van der Waals surface area contributed by atoms with Crippen LogP contribution < -0.4 is 4.90 Å². The highest BCUT2D eigenvalue weighted by Crippen LogP contribution is 2.46. The van der Waals surface area contributed by atoms with E-state index in [4.69, 9.17) is 0 Å². The molecule has 5 heteroatoms. The molecular formula is C28H32N2O2S. The van der Waals surface area contributed by atoms with E-state index in [0.717, 1.165) is 28.1 Å². The number of hydrogen-bond acceptors (Lipinski definition) is 3. The summed E-state index contributed by atoms with van der Waals surface area (Å²) in [6.45, 7) is 9.62. The fraction of sp³-hybridized carbons (Fsp3) is 0.357. The summed E-state index contributed by atoms with van der Waals surface area (Å²) in [5.41, 5.74) is 3.50. The third kappa shape index (κ3) is 4.47. The highest BCUT2D eigenvalue weighted by molar-refractivity contribution is 7.10. The van der Waals surface area contributed by atoms with Crippen LogP contribution in [0.2, 0.25) is 0 Å². The molecule has 4 nitrogen and oxygen atoms in total. The molecule has 0 radical (unpaired) electrons.